The summed E-state index contributed by atoms with van der Waals surface area (Å²) in [4.78, 5) is 24.7. The molecule has 0 atom stereocenters. The molecule has 0 fully saturated rings. The Hall–Kier alpha value is -2.76. The second kappa shape index (κ2) is 8.95. The molecule has 0 aliphatic rings. The molecule has 7 heteroatoms. The van der Waals surface area contributed by atoms with Crippen molar-refractivity contribution >= 4 is 34.8 Å². The van der Waals surface area contributed by atoms with Crippen LogP contribution in [-0.2, 0) is 6.54 Å². The molecule has 0 saturated heterocycles. The number of nitrogens with zero attached hydrogens (tertiary/aromatic N) is 1. The molecule has 1 aromatic heterocycles. The maximum absolute atomic E-state index is 12.5. The summed E-state index contributed by atoms with van der Waals surface area (Å²) < 4.78 is 6.83. The van der Waals surface area contributed by atoms with E-state index in [1.165, 1.54) is 22.9 Å². The molecule has 28 heavy (non-hydrogen) atoms. The summed E-state index contributed by atoms with van der Waals surface area (Å²) in [7, 11) is 0. The predicted octanol–water partition coefficient (Wildman–Crippen LogP) is 4.85. The molecule has 144 valence electrons. The first-order valence-electron chi connectivity index (χ1n) is 8.65. The van der Waals surface area contributed by atoms with E-state index in [1.807, 2.05) is 6.92 Å². The van der Waals surface area contributed by atoms with E-state index in [9.17, 15) is 9.59 Å². The molecule has 5 nitrogen and oxygen atoms in total. The van der Waals surface area contributed by atoms with Gasteiger partial charge in [-0.05, 0) is 55.0 Å². The fourth-order valence-electron chi connectivity index (χ4n) is 2.63. The summed E-state index contributed by atoms with van der Waals surface area (Å²) in [6.45, 7) is 2.76. The maximum atomic E-state index is 12.5. The van der Waals surface area contributed by atoms with Gasteiger partial charge in [-0.25, -0.2) is 0 Å². The topological polar surface area (TPSA) is 60.3 Å². The van der Waals surface area contributed by atoms with E-state index in [4.69, 9.17) is 27.9 Å². The van der Waals surface area contributed by atoms with Crippen LogP contribution in [0, 0.1) is 0 Å². The molecule has 0 saturated carbocycles. The molecule has 0 aliphatic carbocycles. The molecule has 3 rings (SSSR count). The molecular weight excluding hydrogens is 399 g/mol. The average Bonchev–Trinajstić information content (AvgIpc) is 2.68. The lowest BCUT2D eigenvalue weighted by molar-refractivity contribution is 0.102. The number of hydrogen-bond donors (Lipinski definition) is 1. The number of carbonyl (C=O) groups excluding carboxylic acids is 1. The quantitative estimate of drug-likeness (QED) is 0.624. The zero-order valence-corrected chi connectivity index (χ0v) is 16.6. The monoisotopic (exact) mass is 416 g/mol. The summed E-state index contributed by atoms with van der Waals surface area (Å²) >= 11 is 12.0. The molecule has 3 aromatic rings. The lowest BCUT2D eigenvalue weighted by Crippen LogP contribution is -2.22. The number of pyridine rings is 1. The van der Waals surface area contributed by atoms with Gasteiger partial charge in [-0.3, -0.25) is 9.59 Å². The van der Waals surface area contributed by atoms with E-state index < -0.39 is 0 Å². The molecule has 0 aliphatic heterocycles. The van der Waals surface area contributed by atoms with Crippen molar-refractivity contribution in [2.75, 3.05) is 11.9 Å². The number of rotatable bonds is 6. The van der Waals surface area contributed by atoms with Crippen LogP contribution in [0.3, 0.4) is 0 Å². The van der Waals surface area contributed by atoms with Gasteiger partial charge >= 0.3 is 0 Å². The first-order valence-corrected chi connectivity index (χ1v) is 9.40. The number of carbonyl (C=O) groups is 1. The van der Waals surface area contributed by atoms with Crippen LogP contribution in [0.25, 0.3) is 0 Å². The smallest absolute Gasteiger partial charge is 0.257 e. The van der Waals surface area contributed by atoms with Crippen molar-refractivity contribution in [3.05, 3.63) is 92.3 Å². The molecule has 0 spiro atoms. The van der Waals surface area contributed by atoms with Crippen molar-refractivity contribution in [2.45, 2.75) is 13.5 Å². The minimum absolute atomic E-state index is 0.219. The van der Waals surface area contributed by atoms with Gasteiger partial charge < -0.3 is 14.6 Å². The Bertz CT molecular complexity index is 1050. The van der Waals surface area contributed by atoms with E-state index >= 15 is 0 Å². The van der Waals surface area contributed by atoms with E-state index in [2.05, 4.69) is 5.32 Å². The summed E-state index contributed by atoms with van der Waals surface area (Å²) in [6.07, 6.45) is 1.52. The minimum atomic E-state index is -0.313. The second-order valence-corrected chi connectivity index (χ2v) is 6.86. The highest BCUT2D eigenvalue weighted by atomic mass is 35.5. The zero-order chi connectivity index (χ0) is 20.1. The highest BCUT2D eigenvalue weighted by Gasteiger charge is 2.09. The summed E-state index contributed by atoms with van der Waals surface area (Å²) in [5, 5.41) is 3.67. The van der Waals surface area contributed by atoms with Gasteiger partial charge in [-0.1, -0.05) is 29.3 Å². The summed E-state index contributed by atoms with van der Waals surface area (Å²) in [5.41, 5.74) is 1.59. The molecule has 1 N–H and O–H groups in total. The number of halogens is 2. The third kappa shape index (κ3) is 4.94. The number of anilines is 1. The second-order valence-electron chi connectivity index (χ2n) is 6.04. The SMILES string of the molecule is CCOc1ccc(NC(=O)c2ccc(=O)n(Cc3ccc(Cl)c(Cl)c3)c2)cc1. The van der Waals surface area contributed by atoms with Gasteiger partial charge in [0.15, 0.2) is 0 Å². The van der Waals surface area contributed by atoms with Crippen LogP contribution in [0.5, 0.6) is 5.75 Å². The fraction of sp³-hybridized carbons (Fsp3) is 0.143. The standard InChI is InChI=1S/C21H18Cl2N2O3/c1-2-28-17-7-5-16(6-8-17)24-21(27)15-4-10-20(26)25(13-15)12-14-3-9-18(22)19(23)11-14/h3-11,13H,2,12H2,1H3,(H,24,27). The number of aromatic nitrogens is 1. The number of nitrogens with one attached hydrogen (secondary N) is 1. The number of amides is 1. The minimum Gasteiger partial charge on any atom is -0.494 e. The van der Waals surface area contributed by atoms with E-state index in [-0.39, 0.29) is 18.0 Å². The molecule has 2 aromatic carbocycles. The highest BCUT2D eigenvalue weighted by molar-refractivity contribution is 6.42. The van der Waals surface area contributed by atoms with Crippen molar-refractivity contribution in [1.82, 2.24) is 4.57 Å². The first kappa shape index (κ1) is 20.0. The number of benzene rings is 2. The summed E-state index contributed by atoms with van der Waals surface area (Å²) in [6, 6.07) is 15.1. The van der Waals surface area contributed by atoms with Crippen LogP contribution >= 0.6 is 23.2 Å². The lowest BCUT2D eigenvalue weighted by atomic mass is 10.2. The van der Waals surface area contributed by atoms with Gasteiger partial charge in [0.1, 0.15) is 5.75 Å². The molecule has 0 bridgehead atoms. The van der Waals surface area contributed by atoms with Gasteiger partial charge in [0.25, 0.3) is 11.5 Å². The maximum Gasteiger partial charge on any atom is 0.257 e. The highest BCUT2D eigenvalue weighted by Crippen LogP contribution is 2.23. The van der Waals surface area contributed by atoms with E-state index in [0.29, 0.717) is 27.9 Å². The fourth-order valence-corrected chi connectivity index (χ4v) is 2.95. The van der Waals surface area contributed by atoms with Crippen LogP contribution in [0.1, 0.15) is 22.8 Å². The zero-order valence-electron chi connectivity index (χ0n) is 15.1. The third-order valence-electron chi connectivity index (χ3n) is 4.01. The first-order chi connectivity index (χ1) is 13.5. The molecule has 0 radical (unpaired) electrons. The van der Waals surface area contributed by atoms with Crippen LogP contribution in [0.4, 0.5) is 5.69 Å². The van der Waals surface area contributed by atoms with Crippen molar-refractivity contribution in [3.63, 3.8) is 0 Å². The van der Waals surface area contributed by atoms with Crippen LogP contribution in [-0.4, -0.2) is 17.1 Å². The summed E-state index contributed by atoms with van der Waals surface area (Å²) in [5.74, 6) is 0.419. The number of ether oxygens (including phenoxy) is 1. The lowest BCUT2D eigenvalue weighted by Gasteiger charge is -2.10. The average molecular weight is 417 g/mol. The Kier molecular flexibility index (Phi) is 6.39. The Morgan fingerprint density at radius 3 is 2.46 bits per heavy atom. The third-order valence-corrected chi connectivity index (χ3v) is 4.74. The molecule has 0 unspecified atom stereocenters. The van der Waals surface area contributed by atoms with Crippen molar-refractivity contribution < 1.29 is 9.53 Å². The Balaban J connectivity index is 1.76. The van der Waals surface area contributed by atoms with Crippen molar-refractivity contribution in [1.29, 1.82) is 0 Å². The largest absolute Gasteiger partial charge is 0.494 e. The predicted molar refractivity (Wildman–Crippen MR) is 112 cm³/mol. The van der Waals surface area contributed by atoms with E-state index in [1.54, 1.807) is 42.5 Å². The number of hydrogen-bond acceptors (Lipinski definition) is 3. The van der Waals surface area contributed by atoms with E-state index in [0.717, 1.165) is 11.3 Å². The Morgan fingerprint density at radius 1 is 1.04 bits per heavy atom. The molecule has 1 heterocycles. The van der Waals surface area contributed by atoms with Gasteiger partial charge in [0.2, 0.25) is 0 Å². The van der Waals surface area contributed by atoms with Crippen LogP contribution < -0.4 is 15.6 Å². The molecular formula is C21H18Cl2N2O3. The normalized spacial score (nSPS) is 10.5. The van der Waals surface area contributed by atoms with Crippen molar-refractivity contribution in [2.24, 2.45) is 0 Å². The Morgan fingerprint density at radius 2 is 1.79 bits per heavy atom. The van der Waals surface area contributed by atoms with Crippen molar-refractivity contribution in [3.8, 4) is 5.75 Å². The van der Waals surface area contributed by atoms with Gasteiger partial charge in [0.05, 0.1) is 28.8 Å². The van der Waals surface area contributed by atoms with Gasteiger partial charge in [-0.2, -0.15) is 0 Å². The Labute approximate surface area is 172 Å². The van der Waals surface area contributed by atoms with Gasteiger partial charge in [0, 0.05) is 18.0 Å². The van der Waals surface area contributed by atoms with Crippen LogP contribution in [0.15, 0.2) is 65.6 Å². The van der Waals surface area contributed by atoms with Crippen LogP contribution in [0.2, 0.25) is 10.0 Å². The molecule has 1 amide bonds. The van der Waals surface area contributed by atoms with Gasteiger partial charge in [-0.15, -0.1) is 0 Å².